The summed E-state index contributed by atoms with van der Waals surface area (Å²) in [6.07, 6.45) is 3.19. The van der Waals surface area contributed by atoms with Crippen LogP contribution >= 0.6 is 0 Å². The second kappa shape index (κ2) is 5.58. The van der Waals surface area contributed by atoms with E-state index in [1.807, 2.05) is 6.21 Å². The standard InChI is InChI=1S/C13H19N/c1-4-11(2)9-14-10-13-8-6-5-7-12(13)3/h5-8,10-11H,4,9H2,1-3H3. The van der Waals surface area contributed by atoms with E-state index in [-0.39, 0.29) is 0 Å². The third-order valence-corrected chi connectivity index (χ3v) is 2.53. The van der Waals surface area contributed by atoms with Gasteiger partial charge in [0.1, 0.15) is 0 Å². The minimum Gasteiger partial charge on any atom is -0.292 e. The summed E-state index contributed by atoms with van der Waals surface area (Å²) in [5, 5.41) is 0. The summed E-state index contributed by atoms with van der Waals surface area (Å²) >= 11 is 0. The van der Waals surface area contributed by atoms with Crippen molar-refractivity contribution in [2.24, 2.45) is 10.9 Å². The van der Waals surface area contributed by atoms with Gasteiger partial charge in [0.2, 0.25) is 0 Å². The number of benzene rings is 1. The fourth-order valence-corrected chi connectivity index (χ4v) is 1.19. The molecule has 0 saturated heterocycles. The summed E-state index contributed by atoms with van der Waals surface area (Å²) in [5.74, 6) is 0.690. The van der Waals surface area contributed by atoms with Crippen LogP contribution in [0, 0.1) is 12.8 Å². The Morgan fingerprint density at radius 2 is 2.07 bits per heavy atom. The molecule has 1 heteroatoms. The van der Waals surface area contributed by atoms with Crippen LogP contribution in [0.5, 0.6) is 0 Å². The molecular formula is C13H19N. The number of hydrogen-bond acceptors (Lipinski definition) is 1. The van der Waals surface area contributed by atoms with E-state index in [1.165, 1.54) is 17.5 Å². The monoisotopic (exact) mass is 189 g/mol. The molecule has 0 heterocycles. The minimum atomic E-state index is 0.690. The summed E-state index contributed by atoms with van der Waals surface area (Å²) in [5.41, 5.74) is 2.52. The van der Waals surface area contributed by atoms with Crippen molar-refractivity contribution in [2.75, 3.05) is 6.54 Å². The molecule has 1 unspecified atom stereocenters. The smallest absolute Gasteiger partial charge is 0.0415 e. The molecule has 0 fully saturated rings. The first kappa shape index (κ1) is 11.0. The third-order valence-electron chi connectivity index (χ3n) is 2.53. The predicted octanol–water partition coefficient (Wildman–Crippen LogP) is 3.46. The average Bonchev–Trinajstić information content (AvgIpc) is 2.20. The van der Waals surface area contributed by atoms with Gasteiger partial charge in [0.05, 0.1) is 0 Å². The molecule has 1 aromatic carbocycles. The van der Waals surface area contributed by atoms with Gasteiger partial charge in [-0.1, -0.05) is 44.5 Å². The molecule has 14 heavy (non-hydrogen) atoms. The van der Waals surface area contributed by atoms with Gasteiger partial charge in [0.25, 0.3) is 0 Å². The maximum atomic E-state index is 4.45. The summed E-state index contributed by atoms with van der Waals surface area (Å²) in [6.45, 7) is 7.48. The average molecular weight is 189 g/mol. The molecule has 1 rings (SSSR count). The highest BCUT2D eigenvalue weighted by Gasteiger charge is 1.95. The van der Waals surface area contributed by atoms with Crippen molar-refractivity contribution < 1.29 is 0 Å². The number of aliphatic imine (C=N–C) groups is 1. The molecule has 0 radical (unpaired) electrons. The van der Waals surface area contributed by atoms with Crippen molar-refractivity contribution in [1.82, 2.24) is 0 Å². The van der Waals surface area contributed by atoms with Crippen LogP contribution < -0.4 is 0 Å². The van der Waals surface area contributed by atoms with Crippen molar-refractivity contribution in [3.05, 3.63) is 35.4 Å². The second-order valence-corrected chi connectivity index (χ2v) is 3.86. The Morgan fingerprint density at radius 3 is 2.71 bits per heavy atom. The highest BCUT2D eigenvalue weighted by Crippen LogP contribution is 2.05. The van der Waals surface area contributed by atoms with E-state index in [0.29, 0.717) is 5.92 Å². The number of rotatable bonds is 4. The van der Waals surface area contributed by atoms with Crippen molar-refractivity contribution in [1.29, 1.82) is 0 Å². The summed E-state index contributed by atoms with van der Waals surface area (Å²) in [7, 11) is 0. The zero-order valence-electron chi connectivity index (χ0n) is 9.33. The van der Waals surface area contributed by atoms with Crippen molar-refractivity contribution in [3.8, 4) is 0 Å². The van der Waals surface area contributed by atoms with E-state index in [1.54, 1.807) is 0 Å². The molecule has 0 saturated carbocycles. The lowest BCUT2D eigenvalue weighted by Gasteiger charge is -2.03. The lowest BCUT2D eigenvalue weighted by Crippen LogP contribution is -1.97. The topological polar surface area (TPSA) is 12.4 Å². The highest BCUT2D eigenvalue weighted by molar-refractivity contribution is 5.81. The molecule has 0 bridgehead atoms. The van der Waals surface area contributed by atoms with Crippen LogP contribution in [0.3, 0.4) is 0 Å². The maximum Gasteiger partial charge on any atom is 0.0415 e. The van der Waals surface area contributed by atoms with E-state index < -0.39 is 0 Å². The molecule has 0 aliphatic rings. The molecule has 76 valence electrons. The first-order valence-electron chi connectivity index (χ1n) is 5.29. The van der Waals surface area contributed by atoms with E-state index >= 15 is 0 Å². The van der Waals surface area contributed by atoms with Crippen molar-refractivity contribution >= 4 is 6.21 Å². The van der Waals surface area contributed by atoms with E-state index in [9.17, 15) is 0 Å². The Bertz CT molecular complexity index is 302. The molecule has 0 aliphatic heterocycles. The molecule has 0 aromatic heterocycles. The minimum absolute atomic E-state index is 0.690. The SMILES string of the molecule is CCC(C)CN=Cc1ccccc1C. The van der Waals surface area contributed by atoms with E-state index in [0.717, 1.165) is 6.54 Å². The highest BCUT2D eigenvalue weighted by atomic mass is 14.7. The van der Waals surface area contributed by atoms with Crippen molar-refractivity contribution in [2.45, 2.75) is 27.2 Å². The zero-order valence-corrected chi connectivity index (χ0v) is 9.33. The first-order valence-corrected chi connectivity index (χ1v) is 5.29. The Labute approximate surface area is 86.9 Å². The van der Waals surface area contributed by atoms with Crippen LogP contribution in [-0.2, 0) is 0 Å². The van der Waals surface area contributed by atoms with Crippen LogP contribution in [0.15, 0.2) is 29.3 Å². The fourth-order valence-electron chi connectivity index (χ4n) is 1.19. The normalized spacial score (nSPS) is 13.4. The lowest BCUT2D eigenvalue weighted by molar-refractivity contribution is 0.578. The van der Waals surface area contributed by atoms with Gasteiger partial charge in [0, 0.05) is 12.8 Å². The zero-order chi connectivity index (χ0) is 10.4. The molecule has 1 aromatic rings. The van der Waals surface area contributed by atoms with Gasteiger partial charge < -0.3 is 0 Å². The molecular weight excluding hydrogens is 170 g/mol. The Kier molecular flexibility index (Phi) is 4.37. The second-order valence-electron chi connectivity index (χ2n) is 3.86. The lowest BCUT2D eigenvalue weighted by atomic mass is 10.1. The summed E-state index contributed by atoms with van der Waals surface area (Å²) in [4.78, 5) is 4.45. The quantitative estimate of drug-likeness (QED) is 0.643. The van der Waals surface area contributed by atoms with E-state index in [4.69, 9.17) is 0 Å². The van der Waals surface area contributed by atoms with Gasteiger partial charge in [-0.2, -0.15) is 0 Å². The van der Waals surface area contributed by atoms with Crippen LogP contribution in [0.1, 0.15) is 31.4 Å². The van der Waals surface area contributed by atoms with Crippen LogP contribution in [0.4, 0.5) is 0 Å². The van der Waals surface area contributed by atoms with Crippen LogP contribution in [0.25, 0.3) is 0 Å². The van der Waals surface area contributed by atoms with Gasteiger partial charge in [-0.05, 0) is 24.0 Å². The van der Waals surface area contributed by atoms with Gasteiger partial charge >= 0.3 is 0 Å². The number of nitrogens with zero attached hydrogens (tertiary/aromatic N) is 1. The molecule has 1 atom stereocenters. The number of aryl methyl sites for hydroxylation is 1. The fraction of sp³-hybridized carbons (Fsp3) is 0.462. The predicted molar refractivity (Wildman–Crippen MR) is 63.1 cm³/mol. The number of hydrogen-bond donors (Lipinski definition) is 0. The molecule has 0 N–H and O–H groups in total. The molecule has 0 amide bonds. The Hall–Kier alpha value is -1.11. The molecule has 0 aliphatic carbocycles. The Balaban J connectivity index is 2.56. The first-order chi connectivity index (χ1) is 6.74. The Morgan fingerprint density at radius 1 is 1.36 bits per heavy atom. The summed E-state index contributed by atoms with van der Waals surface area (Å²) < 4.78 is 0. The summed E-state index contributed by atoms with van der Waals surface area (Å²) in [6, 6.07) is 8.33. The molecule has 1 nitrogen and oxygen atoms in total. The van der Waals surface area contributed by atoms with Gasteiger partial charge in [-0.3, -0.25) is 4.99 Å². The van der Waals surface area contributed by atoms with Crippen LogP contribution in [0.2, 0.25) is 0 Å². The van der Waals surface area contributed by atoms with Gasteiger partial charge in [-0.25, -0.2) is 0 Å². The maximum absolute atomic E-state index is 4.45. The molecule has 0 spiro atoms. The third kappa shape index (κ3) is 3.33. The van der Waals surface area contributed by atoms with E-state index in [2.05, 4.69) is 50.0 Å². The van der Waals surface area contributed by atoms with Crippen LogP contribution in [-0.4, -0.2) is 12.8 Å². The van der Waals surface area contributed by atoms with Gasteiger partial charge in [0.15, 0.2) is 0 Å². The van der Waals surface area contributed by atoms with Gasteiger partial charge in [-0.15, -0.1) is 0 Å². The van der Waals surface area contributed by atoms with Crippen molar-refractivity contribution in [3.63, 3.8) is 0 Å². The largest absolute Gasteiger partial charge is 0.292 e.